The number of piperidine rings is 1. The van der Waals surface area contributed by atoms with Gasteiger partial charge in [-0.1, -0.05) is 36.4 Å². The van der Waals surface area contributed by atoms with Crippen molar-refractivity contribution in [3.63, 3.8) is 0 Å². The molecule has 0 aliphatic carbocycles. The Morgan fingerprint density at radius 3 is 2.50 bits per heavy atom. The lowest BCUT2D eigenvalue weighted by molar-refractivity contribution is -0.137. The number of fused-ring (bicyclic) bond motifs is 3. The van der Waals surface area contributed by atoms with Crippen molar-refractivity contribution in [2.24, 2.45) is 5.92 Å². The molecule has 178 valence electrons. The summed E-state index contributed by atoms with van der Waals surface area (Å²) in [6, 6.07) is 13.0. The molecule has 3 heterocycles. The second-order valence-electron chi connectivity index (χ2n) is 9.18. The first-order chi connectivity index (χ1) is 16.3. The van der Waals surface area contributed by atoms with Crippen molar-refractivity contribution >= 4 is 5.91 Å². The van der Waals surface area contributed by atoms with E-state index in [9.17, 15) is 23.1 Å². The highest BCUT2D eigenvalue weighted by molar-refractivity contribution is 5.78. The third-order valence-electron chi connectivity index (χ3n) is 7.14. The summed E-state index contributed by atoms with van der Waals surface area (Å²) in [5.74, 6) is -0.00433. The maximum Gasteiger partial charge on any atom is 0.416 e. The number of nitrogens with zero attached hydrogens (tertiary/aromatic N) is 3. The SMILES string of the molecule is O=C(Cc1ccc(C(F)(F)F)cc1)N1CCC([C@H](O)CC2c3ccccc3-c3cncn32)CC1. The number of rotatable bonds is 5. The quantitative estimate of drug-likeness (QED) is 0.589. The van der Waals surface area contributed by atoms with Gasteiger partial charge < -0.3 is 14.6 Å². The van der Waals surface area contributed by atoms with Crippen molar-refractivity contribution in [3.8, 4) is 11.3 Å². The van der Waals surface area contributed by atoms with E-state index in [0.717, 1.165) is 23.4 Å². The normalized spacial score (nSPS) is 19.1. The standard InChI is InChI=1S/C26H26F3N3O2/c27-26(28,29)19-7-5-17(6-8-19)13-25(34)31-11-9-18(10-12-31)24(33)14-22-20-3-1-2-4-21(20)23-15-30-16-32(22)23/h1-8,15-16,18,22,24,33H,9-14H2/t22?,24-/m1/s1. The van der Waals surface area contributed by atoms with Crippen molar-refractivity contribution in [1.29, 1.82) is 0 Å². The molecule has 1 amide bonds. The minimum Gasteiger partial charge on any atom is -0.393 e. The van der Waals surface area contributed by atoms with Gasteiger partial charge in [0, 0.05) is 18.7 Å². The number of halogens is 3. The molecule has 5 rings (SSSR count). The summed E-state index contributed by atoms with van der Waals surface area (Å²) in [5.41, 5.74) is 3.27. The lowest BCUT2D eigenvalue weighted by Crippen LogP contribution is -2.42. The van der Waals surface area contributed by atoms with Gasteiger partial charge in [0.2, 0.25) is 5.91 Å². The average Bonchev–Trinajstić information content (AvgIpc) is 3.41. The van der Waals surface area contributed by atoms with Crippen LogP contribution in [0, 0.1) is 5.92 Å². The number of hydrogen-bond acceptors (Lipinski definition) is 3. The van der Waals surface area contributed by atoms with Crippen LogP contribution in [0.5, 0.6) is 0 Å². The molecule has 1 saturated heterocycles. The van der Waals surface area contributed by atoms with Gasteiger partial charge in [0.1, 0.15) is 0 Å². The van der Waals surface area contributed by atoms with E-state index in [1.54, 1.807) is 4.90 Å². The number of amides is 1. The van der Waals surface area contributed by atoms with E-state index >= 15 is 0 Å². The van der Waals surface area contributed by atoms with E-state index in [1.165, 1.54) is 17.7 Å². The van der Waals surface area contributed by atoms with Gasteiger partial charge in [-0.2, -0.15) is 13.2 Å². The first-order valence-electron chi connectivity index (χ1n) is 11.5. The van der Waals surface area contributed by atoms with Gasteiger partial charge in [-0.25, -0.2) is 4.98 Å². The summed E-state index contributed by atoms with van der Waals surface area (Å²) in [7, 11) is 0. The van der Waals surface area contributed by atoms with Crippen LogP contribution in [0.25, 0.3) is 11.3 Å². The number of aromatic nitrogens is 2. The molecular formula is C26H26F3N3O2. The zero-order valence-electron chi connectivity index (χ0n) is 18.6. The fourth-order valence-electron chi connectivity index (χ4n) is 5.23. The Morgan fingerprint density at radius 1 is 1.09 bits per heavy atom. The molecular weight excluding hydrogens is 443 g/mol. The number of aliphatic hydroxyl groups is 1. The molecule has 0 bridgehead atoms. The summed E-state index contributed by atoms with van der Waals surface area (Å²) in [6.07, 6.45) is 0.847. The molecule has 2 aliphatic heterocycles. The van der Waals surface area contributed by atoms with Crippen LogP contribution in [-0.4, -0.2) is 44.7 Å². The molecule has 2 aromatic carbocycles. The Morgan fingerprint density at radius 2 is 1.79 bits per heavy atom. The lowest BCUT2D eigenvalue weighted by atomic mass is 9.86. The van der Waals surface area contributed by atoms with Crippen LogP contribution in [0.4, 0.5) is 13.2 Å². The largest absolute Gasteiger partial charge is 0.416 e. The minimum absolute atomic E-state index is 0.0445. The minimum atomic E-state index is -4.38. The predicted molar refractivity (Wildman–Crippen MR) is 121 cm³/mol. The van der Waals surface area contributed by atoms with Gasteiger partial charge in [-0.3, -0.25) is 4.79 Å². The second-order valence-corrected chi connectivity index (χ2v) is 9.18. The van der Waals surface area contributed by atoms with E-state index in [1.807, 2.05) is 24.7 Å². The fraction of sp³-hybridized carbons (Fsp3) is 0.385. The Kier molecular flexibility index (Phi) is 5.93. The van der Waals surface area contributed by atoms with Crippen LogP contribution in [0.3, 0.4) is 0 Å². The number of likely N-dealkylation sites (tertiary alicyclic amines) is 1. The molecule has 2 aliphatic rings. The molecule has 1 unspecified atom stereocenters. The molecule has 3 aromatic rings. The van der Waals surface area contributed by atoms with Crippen LogP contribution in [0.15, 0.2) is 61.1 Å². The summed E-state index contributed by atoms with van der Waals surface area (Å²) in [6.45, 7) is 1.08. The number of alkyl halides is 3. The fourth-order valence-corrected chi connectivity index (χ4v) is 5.23. The van der Waals surface area contributed by atoms with E-state index < -0.39 is 17.8 Å². The van der Waals surface area contributed by atoms with E-state index in [2.05, 4.69) is 21.7 Å². The highest BCUT2D eigenvalue weighted by Gasteiger charge is 2.34. The van der Waals surface area contributed by atoms with Crippen molar-refractivity contribution in [1.82, 2.24) is 14.5 Å². The Balaban J connectivity index is 1.16. The molecule has 1 N–H and O–H groups in total. The van der Waals surface area contributed by atoms with Gasteiger partial charge >= 0.3 is 6.18 Å². The van der Waals surface area contributed by atoms with Gasteiger partial charge in [0.15, 0.2) is 0 Å². The van der Waals surface area contributed by atoms with Crippen molar-refractivity contribution < 1.29 is 23.1 Å². The maximum atomic E-state index is 12.7. The van der Waals surface area contributed by atoms with Crippen molar-refractivity contribution in [2.75, 3.05) is 13.1 Å². The predicted octanol–water partition coefficient (Wildman–Crippen LogP) is 4.70. The molecule has 0 spiro atoms. The smallest absolute Gasteiger partial charge is 0.393 e. The molecule has 2 atom stereocenters. The maximum absolute atomic E-state index is 12.7. The third-order valence-corrected chi connectivity index (χ3v) is 7.14. The van der Waals surface area contributed by atoms with Crippen LogP contribution in [-0.2, 0) is 17.4 Å². The monoisotopic (exact) mass is 469 g/mol. The molecule has 0 saturated carbocycles. The third kappa shape index (κ3) is 4.34. The van der Waals surface area contributed by atoms with E-state index in [-0.39, 0.29) is 24.3 Å². The molecule has 34 heavy (non-hydrogen) atoms. The lowest BCUT2D eigenvalue weighted by Gasteiger charge is -2.35. The molecule has 0 radical (unpaired) electrons. The van der Waals surface area contributed by atoms with Gasteiger partial charge in [0.25, 0.3) is 0 Å². The first-order valence-corrected chi connectivity index (χ1v) is 11.5. The first kappa shape index (κ1) is 22.7. The van der Waals surface area contributed by atoms with Gasteiger partial charge in [0.05, 0.1) is 42.3 Å². The second kappa shape index (κ2) is 8.91. The van der Waals surface area contributed by atoms with E-state index in [0.29, 0.717) is 37.9 Å². The van der Waals surface area contributed by atoms with Crippen molar-refractivity contribution in [3.05, 3.63) is 77.7 Å². The summed E-state index contributed by atoms with van der Waals surface area (Å²) in [5, 5.41) is 11.0. The zero-order valence-corrected chi connectivity index (χ0v) is 18.6. The van der Waals surface area contributed by atoms with Crippen LogP contribution >= 0.6 is 0 Å². The number of carbonyl (C=O) groups is 1. The Labute approximate surface area is 195 Å². The van der Waals surface area contributed by atoms with Gasteiger partial charge in [-0.05, 0) is 48.4 Å². The van der Waals surface area contributed by atoms with E-state index in [4.69, 9.17) is 0 Å². The zero-order chi connectivity index (χ0) is 23.9. The van der Waals surface area contributed by atoms with Crippen LogP contribution in [0.2, 0.25) is 0 Å². The number of hydrogen-bond donors (Lipinski definition) is 1. The number of imidazole rings is 1. The summed E-state index contributed by atoms with van der Waals surface area (Å²) < 4.78 is 40.3. The Bertz CT molecular complexity index is 1160. The molecule has 1 aromatic heterocycles. The number of benzene rings is 2. The highest BCUT2D eigenvalue weighted by Crippen LogP contribution is 2.42. The highest BCUT2D eigenvalue weighted by atomic mass is 19.4. The number of carbonyl (C=O) groups excluding carboxylic acids is 1. The van der Waals surface area contributed by atoms with Crippen LogP contribution in [0.1, 0.15) is 42.0 Å². The summed E-state index contributed by atoms with van der Waals surface area (Å²) in [4.78, 5) is 18.7. The topological polar surface area (TPSA) is 58.4 Å². The summed E-state index contributed by atoms with van der Waals surface area (Å²) >= 11 is 0. The average molecular weight is 470 g/mol. The van der Waals surface area contributed by atoms with Crippen LogP contribution < -0.4 is 0 Å². The molecule has 8 heteroatoms. The van der Waals surface area contributed by atoms with Gasteiger partial charge in [-0.15, -0.1) is 0 Å². The number of aliphatic hydroxyl groups excluding tert-OH is 1. The molecule has 1 fully saturated rings. The Hall–Kier alpha value is -3.13. The molecule has 5 nitrogen and oxygen atoms in total. The van der Waals surface area contributed by atoms with Crippen molar-refractivity contribution in [2.45, 2.75) is 44.0 Å².